The van der Waals surface area contributed by atoms with Crippen molar-refractivity contribution in [2.75, 3.05) is 29.9 Å². The molecule has 18 heavy (non-hydrogen) atoms. The molecule has 0 unspecified atom stereocenters. The van der Waals surface area contributed by atoms with E-state index in [0.29, 0.717) is 18.5 Å². The zero-order valence-electron chi connectivity index (χ0n) is 10.6. The molecule has 0 aromatic carbocycles. The second-order valence-electron chi connectivity index (χ2n) is 4.44. The van der Waals surface area contributed by atoms with E-state index in [1.807, 2.05) is 0 Å². The lowest BCUT2D eigenvalue weighted by Gasteiger charge is -2.23. The highest BCUT2D eigenvalue weighted by atomic mass is 79.9. The third-order valence-corrected chi connectivity index (χ3v) is 3.42. The Hall–Kier alpha value is -0.880. The molecule has 2 N–H and O–H groups in total. The molecule has 1 fully saturated rings. The molecule has 0 spiro atoms. The molecule has 1 heterocycles. The lowest BCUT2D eigenvalue weighted by molar-refractivity contribution is 0.301. The van der Waals surface area contributed by atoms with Crippen LogP contribution in [0.4, 0.5) is 11.8 Å². The van der Waals surface area contributed by atoms with Gasteiger partial charge in [0, 0.05) is 25.3 Å². The Kier molecular flexibility index (Phi) is 4.77. The number of nitrogens with zero attached hydrogens (tertiary/aromatic N) is 3. The van der Waals surface area contributed by atoms with Crippen molar-refractivity contribution in [3.8, 4) is 0 Å². The van der Waals surface area contributed by atoms with Gasteiger partial charge in [0.25, 0.3) is 0 Å². The average molecular weight is 315 g/mol. The lowest BCUT2D eigenvalue weighted by atomic mass is 10.4. The van der Waals surface area contributed by atoms with Gasteiger partial charge in [0.1, 0.15) is 5.82 Å². The van der Waals surface area contributed by atoms with Crippen molar-refractivity contribution >= 4 is 27.7 Å². The SMILES string of the molecule is CCCNc1ncc(Br)c(N(CCO)C2CC2)n1. The molecule has 1 aromatic heterocycles. The van der Waals surface area contributed by atoms with E-state index in [1.54, 1.807) is 6.20 Å². The van der Waals surface area contributed by atoms with Crippen LogP contribution in [0.1, 0.15) is 26.2 Å². The van der Waals surface area contributed by atoms with Gasteiger partial charge in [0.05, 0.1) is 11.1 Å². The Morgan fingerprint density at radius 2 is 2.33 bits per heavy atom. The molecule has 1 aliphatic carbocycles. The number of aliphatic hydroxyl groups excluding tert-OH is 1. The van der Waals surface area contributed by atoms with Crippen molar-refractivity contribution in [2.45, 2.75) is 32.2 Å². The van der Waals surface area contributed by atoms with Crippen molar-refractivity contribution in [3.63, 3.8) is 0 Å². The van der Waals surface area contributed by atoms with Crippen LogP contribution in [0.25, 0.3) is 0 Å². The molecule has 6 heteroatoms. The van der Waals surface area contributed by atoms with Crippen molar-refractivity contribution in [1.29, 1.82) is 0 Å². The maximum absolute atomic E-state index is 9.16. The van der Waals surface area contributed by atoms with Crippen LogP contribution >= 0.6 is 15.9 Å². The summed E-state index contributed by atoms with van der Waals surface area (Å²) >= 11 is 3.49. The van der Waals surface area contributed by atoms with Crippen LogP contribution < -0.4 is 10.2 Å². The third kappa shape index (κ3) is 3.32. The van der Waals surface area contributed by atoms with Gasteiger partial charge in [0.15, 0.2) is 0 Å². The van der Waals surface area contributed by atoms with E-state index in [4.69, 9.17) is 5.11 Å². The summed E-state index contributed by atoms with van der Waals surface area (Å²) < 4.78 is 0.880. The van der Waals surface area contributed by atoms with Gasteiger partial charge < -0.3 is 15.3 Å². The molecule has 0 bridgehead atoms. The van der Waals surface area contributed by atoms with E-state index >= 15 is 0 Å². The van der Waals surface area contributed by atoms with E-state index in [0.717, 1.165) is 23.3 Å². The molecule has 1 aliphatic rings. The van der Waals surface area contributed by atoms with Gasteiger partial charge in [-0.3, -0.25) is 0 Å². The second kappa shape index (κ2) is 6.33. The Morgan fingerprint density at radius 1 is 1.56 bits per heavy atom. The minimum absolute atomic E-state index is 0.144. The first kappa shape index (κ1) is 13.5. The Morgan fingerprint density at radius 3 is 2.94 bits per heavy atom. The summed E-state index contributed by atoms with van der Waals surface area (Å²) in [6.07, 6.45) is 5.16. The minimum atomic E-state index is 0.144. The Bertz CT molecular complexity index is 398. The van der Waals surface area contributed by atoms with Gasteiger partial charge in [-0.2, -0.15) is 4.98 Å². The van der Waals surface area contributed by atoms with Gasteiger partial charge >= 0.3 is 0 Å². The van der Waals surface area contributed by atoms with Gasteiger partial charge in [-0.05, 0) is 35.2 Å². The molecule has 5 nitrogen and oxygen atoms in total. The summed E-state index contributed by atoms with van der Waals surface area (Å²) in [5.74, 6) is 1.53. The van der Waals surface area contributed by atoms with Crippen molar-refractivity contribution in [3.05, 3.63) is 10.7 Å². The van der Waals surface area contributed by atoms with Crippen LogP contribution in [0.5, 0.6) is 0 Å². The van der Waals surface area contributed by atoms with Crippen molar-refractivity contribution < 1.29 is 5.11 Å². The van der Waals surface area contributed by atoms with Crippen LogP contribution in [0.3, 0.4) is 0 Å². The molecule has 0 saturated heterocycles. The highest BCUT2D eigenvalue weighted by molar-refractivity contribution is 9.10. The highest BCUT2D eigenvalue weighted by Crippen LogP contribution is 2.34. The first-order valence-electron chi connectivity index (χ1n) is 6.40. The third-order valence-electron chi connectivity index (χ3n) is 2.86. The van der Waals surface area contributed by atoms with E-state index in [-0.39, 0.29) is 6.61 Å². The molecule has 100 valence electrons. The quantitative estimate of drug-likeness (QED) is 0.806. The lowest BCUT2D eigenvalue weighted by Crippen LogP contribution is -2.30. The van der Waals surface area contributed by atoms with Gasteiger partial charge in [0.2, 0.25) is 5.95 Å². The van der Waals surface area contributed by atoms with Crippen LogP contribution in [-0.4, -0.2) is 40.8 Å². The summed E-state index contributed by atoms with van der Waals surface area (Å²) in [5, 5.41) is 12.3. The van der Waals surface area contributed by atoms with Gasteiger partial charge in [-0.15, -0.1) is 0 Å². The highest BCUT2D eigenvalue weighted by Gasteiger charge is 2.31. The summed E-state index contributed by atoms with van der Waals surface area (Å²) in [7, 11) is 0. The first-order valence-corrected chi connectivity index (χ1v) is 7.19. The fourth-order valence-corrected chi connectivity index (χ4v) is 2.26. The fourth-order valence-electron chi connectivity index (χ4n) is 1.84. The molecular weight excluding hydrogens is 296 g/mol. The predicted molar refractivity (Wildman–Crippen MR) is 76.0 cm³/mol. The fraction of sp³-hybridized carbons (Fsp3) is 0.667. The first-order chi connectivity index (χ1) is 8.76. The predicted octanol–water partition coefficient (Wildman–Crippen LogP) is 2.02. The monoisotopic (exact) mass is 314 g/mol. The molecule has 0 radical (unpaired) electrons. The molecular formula is C12H19BrN4O. The van der Waals surface area contributed by atoms with Crippen LogP contribution in [0, 0.1) is 0 Å². The summed E-state index contributed by atoms with van der Waals surface area (Å²) in [4.78, 5) is 10.9. The van der Waals surface area contributed by atoms with E-state index in [9.17, 15) is 0 Å². The number of halogens is 1. The Balaban J connectivity index is 2.17. The summed E-state index contributed by atoms with van der Waals surface area (Å²) in [6.45, 7) is 3.73. The summed E-state index contributed by atoms with van der Waals surface area (Å²) in [5.41, 5.74) is 0. The van der Waals surface area contributed by atoms with Crippen molar-refractivity contribution in [1.82, 2.24) is 9.97 Å². The standard InChI is InChI=1S/C12H19BrN4O/c1-2-5-14-12-15-8-10(13)11(16-12)17(6-7-18)9-3-4-9/h8-9,18H,2-7H2,1H3,(H,14,15,16). The molecule has 0 amide bonds. The minimum Gasteiger partial charge on any atom is -0.395 e. The average Bonchev–Trinajstić information content (AvgIpc) is 3.20. The number of nitrogens with one attached hydrogen (secondary N) is 1. The zero-order valence-corrected chi connectivity index (χ0v) is 12.2. The smallest absolute Gasteiger partial charge is 0.224 e. The van der Waals surface area contributed by atoms with Crippen molar-refractivity contribution in [2.24, 2.45) is 0 Å². The van der Waals surface area contributed by atoms with Gasteiger partial charge in [-0.25, -0.2) is 4.98 Å². The van der Waals surface area contributed by atoms with Gasteiger partial charge in [-0.1, -0.05) is 6.92 Å². The van der Waals surface area contributed by atoms with E-state index in [1.165, 1.54) is 12.8 Å². The Labute approximate surface area is 116 Å². The maximum atomic E-state index is 9.16. The maximum Gasteiger partial charge on any atom is 0.224 e. The summed E-state index contributed by atoms with van der Waals surface area (Å²) in [6, 6.07) is 0.516. The number of anilines is 2. The molecule has 0 aliphatic heterocycles. The number of aromatic nitrogens is 2. The number of hydrogen-bond acceptors (Lipinski definition) is 5. The number of aliphatic hydroxyl groups is 1. The second-order valence-corrected chi connectivity index (χ2v) is 5.29. The van der Waals surface area contributed by atoms with E-state index < -0.39 is 0 Å². The molecule has 0 atom stereocenters. The number of hydrogen-bond donors (Lipinski definition) is 2. The topological polar surface area (TPSA) is 61.3 Å². The van der Waals surface area contributed by atoms with Crippen LogP contribution in [-0.2, 0) is 0 Å². The molecule has 1 saturated carbocycles. The number of rotatable bonds is 7. The normalized spacial score (nSPS) is 14.6. The van der Waals surface area contributed by atoms with E-state index in [2.05, 4.69) is 43.0 Å². The molecule has 2 rings (SSSR count). The van der Waals surface area contributed by atoms with Crippen LogP contribution in [0.15, 0.2) is 10.7 Å². The van der Waals surface area contributed by atoms with Crippen LogP contribution in [0.2, 0.25) is 0 Å². The zero-order chi connectivity index (χ0) is 13.0. The molecule has 1 aromatic rings. The largest absolute Gasteiger partial charge is 0.395 e.